The average molecular weight is 299 g/mol. The van der Waals surface area contributed by atoms with Gasteiger partial charge in [-0.05, 0) is 65.1 Å². The van der Waals surface area contributed by atoms with Crippen molar-refractivity contribution in [3.8, 4) is 0 Å². The van der Waals surface area contributed by atoms with Crippen LogP contribution in [0.1, 0.15) is 37.0 Å². The zero-order valence-electron chi connectivity index (χ0n) is 13.6. The minimum atomic E-state index is 0.527. The Bertz CT molecular complexity index is 656. The van der Waals surface area contributed by atoms with Gasteiger partial charge in [0.2, 0.25) is 0 Å². The van der Waals surface area contributed by atoms with Crippen molar-refractivity contribution in [1.82, 2.24) is 24.3 Å². The number of hydrogen-bond acceptors (Lipinski definition) is 4. The molecule has 0 amide bonds. The van der Waals surface area contributed by atoms with Gasteiger partial charge in [0.25, 0.3) is 0 Å². The number of hydrogen-bond donors (Lipinski definition) is 0. The van der Waals surface area contributed by atoms with Crippen LogP contribution >= 0.6 is 0 Å². The topological polar surface area (TPSA) is 37.2 Å². The molecule has 0 spiro atoms. The van der Waals surface area contributed by atoms with E-state index in [1.165, 1.54) is 44.7 Å². The highest BCUT2D eigenvalue weighted by Gasteiger charge is 2.30. The Morgan fingerprint density at radius 2 is 1.82 bits per heavy atom. The predicted octanol–water partition coefficient (Wildman–Crippen LogP) is 2.12. The zero-order valence-corrected chi connectivity index (χ0v) is 13.6. The molecule has 2 saturated heterocycles. The molecule has 22 heavy (non-hydrogen) atoms. The Morgan fingerprint density at radius 3 is 2.55 bits per heavy atom. The summed E-state index contributed by atoms with van der Waals surface area (Å²) in [6, 6.07) is 4.63. The number of rotatable bonds is 2. The highest BCUT2D eigenvalue weighted by atomic mass is 15.2. The van der Waals surface area contributed by atoms with Crippen LogP contribution in [0.3, 0.4) is 0 Å². The Labute approximate surface area is 131 Å². The number of likely N-dealkylation sites (N-methyl/N-ethyl adjacent to an activating group) is 1. The molecular weight excluding hydrogens is 274 g/mol. The van der Waals surface area contributed by atoms with E-state index in [1.807, 2.05) is 12.3 Å². The molecule has 118 valence electrons. The fourth-order valence-electron chi connectivity index (χ4n) is 3.98. The third-order valence-electron chi connectivity index (χ3n) is 5.29. The minimum absolute atomic E-state index is 0.527. The molecule has 1 atom stereocenters. The van der Waals surface area contributed by atoms with Gasteiger partial charge in [-0.1, -0.05) is 0 Å². The van der Waals surface area contributed by atoms with Crippen LogP contribution < -0.4 is 0 Å². The maximum atomic E-state index is 4.99. The van der Waals surface area contributed by atoms with Crippen molar-refractivity contribution in [3.63, 3.8) is 0 Å². The molecule has 2 aromatic heterocycles. The molecule has 4 heterocycles. The Balaban J connectivity index is 1.76. The van der Waals surface area contributed by atoms with Gasteiger partial charge < -0.3 is 14.4 Å². The summed E-state index contributed by atoms with van der Waals surface area (Å²) in [5.74, 6) is 1.86. The van der Waals surface area contributed by atoms with Crippen molar-refractivity contribution < 1.29 is 0 Å². The van der Waals surface area contributed by atoms with E-state index in [1.54, 1.807) is 0 Å². The number of aromatic nitrogens is 3. The van der Waals surface area contributed by atoms with Crippen molar-refractivity contribution in [2.24, 2.45) is 0 Å². The lowest BCUT2D eigenvalue weighted by Crippen LogP contribution is -2.31. The van der Waals surface area contributed by atoms with Gasteiger partial charge in [-0.2, -0.15) is 0 Å². The summed E-state index contributed by atoms with van der Waals surface area (Å²) in [5, 5.41) is 0. The van der Waals surface area contributed by atoms with E-state index in [-0.39, 0.29) is 0 Å². The van der Waals surface area contributed by atoms with Crippen LogP contribution in [-0.4, -0.2) is 64.6 Å². The number of piperidine rings is 1. The van der Waals surface area contributed by atoms with Gasteiger partial charge in [-0.3, -0.25) is 0 Å². The van der Waals surface area contributed by atoms with Crippen molar-refractivity contribution in [1.29, 1.82) is 0 Å². The Morgan fingerprint density at radius 1 is 1.05 bits per heavy atom. The van der Waals surface area contributed by atoms with Gasteiger partial charge in [-0.15, -0.1) is 0 Å². The lowest BCUT2D eigenvalue weighted by molar-refractivity contribution is 0.247. The maximum absolute atomic E-state index is 4.99. The average Bonchev–Trinajstić information content (AvgIpc) is 3.11. The van der Waals surface area contributed by atoms with Crippen LogP contribution in [0.5, 0.6) is 0 Å². The SMILES string of the molecule is CN1CCC(c2nc3cccnc3n2C2CCN(C)C2)CC1. The smallest absolute Gasteiger partial charge is 0.160 e. The fourth-order valence-corrected chi connectivity index (χ4v) is 3.98. The molecule has 2 aromatic rings. The van der Waals surface area contributed by atoms with Crippen LogP contribution in [0.25, 0.3) is 11.2 Å². The van der Waals surface area contributed by atoms with E-state index in [0.717, 1.165) is 17.7 Å². The summed E-state index contributed by atoms with van der Waals surface area (Å²) >= 11 is 0. The quantitative estimate of drug-likeness (QED) is 0.851. The second-order valence-corrected chi connectivity index (χ2v) is 6.97. The lowest BCUT2D eigenvalue weighted by atomic mass is 9.96. The van der Waals surface area contributed by atoms with Crippen LogP contribution in [-0.2, 0) is 0 Å². The Hall–Kier alpha value is -1.46. The molecule has 0 N–H and O–H groups in total. The molecule has 2 fully saturated rings. The monoisotopic (exact) mass is 299 g/mol. The standard InChI is InChI=1S/C17H25N5/c1-20-9-5-13(6-10-20)16-19-15-4-3-8-18-17(15)22(16)14-7-11-21(2)12-14/h3-4,8,13-14H,5-7,9-12H2,1-2H3. The molecule has 0 aliphatic carbocycles. The van der Waals surface area contributed by atoms with E-state index in [4.69, 9.17) is 4.98 Å². The van der Waals surface area contributed by atoms with E-state index >= 15 is 0 Å². The summed E-state index contributed by atoms with van der Waals surface area (Å²) in [6.07, 6.45) is 5.53. The van der Waals surface area contributed by atoms with Gasteiger partial charge in [0.1, 0.15) is 11.3 Å². The molecule has 2 aliphatic rings. The van der Waals surface area contributed by atoms with Crippen LogP contribution in [0.2, 0.25) is 0 Å². The number of likely N-dealkylation sites (tertiary alicyclic amines) is 2. The van der Waals surface area contributed by atoms with E-state index in [9.17, 15) is 0 Å². The number of nitrogens with zero attached hydrogens (tertiary/aromatic N) is 5. The number of fused-ring (bicyclic) bond motifs is 1. The van der Waals surface area contributed by atoms with E-state index in [0.29, 0.717) is 12.0 Å². The second-order valence-electron chi connectivity index (χ2n) is 6.97. The minimum Gasteiger partial charge on any atom is -0.308 e. The zero-order chi connectivity index (χ0) is 15.1. The van der Waals surface area contributed by atoms with Crippen LogP contribution in [0.4, 0.5) is 0 Å². The molecular formula is C17H25N5. The fraction of sp³-hybridized carbons (Fsp3) is 0.647. The van der Waals surface area contributed by atoms with Crippen molar-refractivity contribution >= 4 is 11.2 Å². The van der Waals surface area contributed by atoms with Crippen molar-refractivity contribution in [3.05, 3.63) is 24.2 Å². The summed E-state index contributed by atoms with van der Waals surface area (Å²) in [5.41, 5.74) is 2.14. The number of pyridine rings is 1. The second kappa shape index (κ2) is 5.63. The summed E-state index contributed by atoms with van der Waals surface area (Å²) < 4.78 is 2.47. The highest BCUT2D eigenvalue weighted by Crippen LogP contribution is 2.34. The molecule has 5 heteroatoms. The molecule has 1 unspecified atom stereocenters. The van der Waals surface area contributed by atoms with E-state index < -0.39 is 0 Å². The highest BCUT2D eigenvalue weighted by molar-refractivity contribution is 5.71. The maximum Gasteiger partial charge on any atom is 0.160 e. The first kappa shape index (κ1) is 14.2. The van der Waals surface area contributed by atoms with E-state index in [2.05, 4.69) is 39.5 Å². The molecule has 0 radical (unpaired) electrons. The normalized spacial score (nSPS) is 25.3. The van der Waals surface area contributed by atoms with Gasteiger partial charge >= 0.3 is 0 Å². The molecule has 2 aliphatic heterocycles. The van der Waals surface area contributed by atoms with Crippen LogP contribution in [0.15, 0.2) is 18.3 Å². The van der Waals surface area contributed by atoms with Gasteiger partial charge in [0.05, 0.1) is 6.04 Å². The van der Waals surface area contributed by atoms with Gasteiger partial charge in [-0.25, -0.2) is 9.97 Å². The summed E-state index contributed by atoms with van der Waals surface area (Å²) in [4.78, 5) is 14.5. The lowest BCUT2D eigenvalue weighted by Gasteiger charge is -2.29. The first-order valence-electron chi connectivity index (χ1n) is 8.42. The van der Waals surface area contributed by atoms with Gasteiger partial charge in [0.15, 0.2) is 5.65 Å². The molecule has 5 nitrogen and oxygen atoms in total. The molecule has 0 saturated carbocycles. The van der Waals surface area contributed by atoms with Crippen molar-refractivity contribution in [2.45, 2.75) is 31.2 Å². The summed E-state index contributed by atoms with van der Waals surface area (Å²) in [7, 11) is 4.43. The third kappa shape index (κ3) is 2.42. The largest absolute Gasteiger partial charge is 0.308 e. The predicted molar refractivity (Wildman–Crippen MR) is 88.2 cm³/mol. The molecule has 4 rings (SSSR count). The van der Waals surface area contributed by atoms with Crippen molar-refractivity contribution in [2.75, 3.05) is 40.3 Å². The Kier molecular flexibility index (Phi) is 3.62. The first-order chi connectivity index (χ1) is 10.7. The molecule has 0 aromatic carbocycles. The molecule has 0 bridgehead atoms. The third-order valence-corrected chi connectivity index (χ3v) is 5.29. The van der Waals surface area contributed by atoms with Gasteiger partial charge in [0, 0.05) is 18.7 Å². The first-order valence-corrected chi connectivity index (χ1v) is 8.42. The van der Waals surface area contributed by atoms with Crippen LogP contribution in [0, 0.1) is 0 Å². The summed E-state index contributed by atoms with van der Waals surface area (Å²) in [6.45, 7) is 4.63. The number of imidazole rings is 1.